The molecule has 1 heterocycles. The molecular weight excluding hydrogens is 431 g/mol. The molecule has 0 atom stereocenters. The summed E-state index contributed by atoms with van der Waals surface area (Å²) < 4.78 is 0. The molecule has 0 radical (unpaired) electrons. The standard InChI is InChI=1S/C23H26Cl2N6/c24-18-10-20-21(11-19(18)25)30-23(5-3-1-2-4-6-23)22(29-20)31-28-14-17-8-15(12-26)7-16(9-17)13-27/h7-13,26-28,30H,1-6,14H2,(H,29,31). The van der Waals surface area contributed by atoms with Gasteiger partial charge in [0.05, 0.1) is 27.0 Å². The van der Waals surface area contributed by atoms with Gasteiger partial charge in [0.2, 0.25) is 0 Å². The molecule has 0 aromatic heterocycles. The molecule has 0 bridgehead atoms. The van der Waals surface area contributed by atoms with Crippen molar-refractivity contribution in [2.45, 2.75) is 50.6 Å². The van der Waals surface area contributed by atoms with E-state index in [2.05, 4.69) is 16.2 Å². The van der Waals surface area contributed by atoms with Crippen LogP contribution in [0.1, 0.15) is 55.2 Å². The number of anilines is 1. The van der Waals surface area contributed by atoms with Crippen molar-refractivity contribution in [2.24, 2.45) is 4.99 Å². The van der Waals surface area contributed by atoms with Gasteiger partial charge in [-0.2, -0.15) is 0 Å². The van der Waals surface area contributed by atoms with Crippen molar-refractivity contribution in [2.75, 3.05) is 5.32 Å². The number of fused-ring (bicyclic) bond motifs is 1. The second-order valence-electron chi connectivity index (χ2n) is 8.14. The molecule has 4 rings (SSSR count). The molecule has 0 saturated heterocycles. The fraction of sp³-hybridized carbons (Fsp3) is 0.348. The van der Waals surface area contributed by atoms with Gasteiger partial charge in [0.15, 0.2) is 0 Å². The predicted octanol–water partition coefficient (Wildman–Crippen LogP) is 5.83. The smallest absolute Gasteiger partial charge is 0.142 e. The Labute approximate surface area is 192 Å². The van der Waals surface area contributed by atoms with Gasteiger partial charge in [-0.25, -0.2) is 10.4 Å². The maximum absolute atomic E-state index is 7.52. The fourth-order valence-electron chi connectivity index (χ4n) is 4.36. The summed E-state index contributed by atoms with van der Waals surface area (Å²) in [5, 5.41) is 19.8. The van der Waals surface area contributed by atoms with Crippen LogP contribution in [0.25, 0.3) is 0 Å². The molecule has 2 aromatic rings. The number of aliphatic imine (C=N–C) groups is 1. The molecule has 8 heteroatoms. The predicted molar refractivity (Wildman–Crippen MR) is 130 cm³/mol. The van der Waals surface area contributed by atoms with Crippen molar-refractivity contribution in [3.8, 4) is 0 Å². The third-order valence-corrected chi connectivity index (χ3v) is 6.65. The van der Waals surface area contributed by atoms with Gasteiger partial charge in [-0.3, -0.25) is 0 Å². The number of rotatable bonds is 5. The number of hydrogen-bond acceptors (Lipinski definition) is 6. The lowest BCUT2D eigenvalue weighted by atomic mass is 9.87. The van der Waals surface area contributed by atoms with Crippen LogP contribution in [0.3, 0.4) is 0 Å². The Bertz CT molecular complexity index is 999. The minimum atomic E-state index is -0.273. The van der Waals surface area contributed by atoms with Crippen LogP contribution in [-0.2, 0) is 6.54 Å². The van der Waals surface area contributed by atoms with E-state index in [-0.39, 0.29) is 5.54 Å². The van der Waals surface area contributed by atoms with Gasteiger partial charge in [0.25, 0.3) is 0 Å². The zero-order valence-corrected chi connectivity index (χ0v) is 18.7. The van der Waals surface area contributed by atoms with Gasteiger partial charge in [-0.05, 0) is 59.9 Å². The molecule has 2 aliphatic rings. The zero-order chi connectivity index (χ0) is 21.8. The van der Waals surface area contributed by atoms with Crippen LogP contribution in [0.4, 0.5) is 11.4 Å². The van der Waals surface area contributed by atoms with Crippen molar-refractivity contribution in [3.05, 3.63) is 57.1 Å². The summed E-state index contributed by atoms with van der Waals surface area (Å²) in [5.41, 5.74) is 10.6. The highest BCUT2D eigenvalue weighted by atomic mass is 35.5. The Kier molecular flexibility index (Phi) is 6.60. The van der Waals surface area contributed by atoms with Gasteiger partial charge in [0, 0.05) is 19.0 Å². The van der Waals surface area contributed by atoms with Crippen LogP contribution in [-0.4, -0.2) is 23.8 Å². The van der Waals surface area contributed by atoms with Crippen molar-refractivity contribution in [1.82, 2.24) is 10.9 Å². The van der Waals surface area contributed by atoms with Gasteiger partial charge < -0.3 is 21.6 Å². The largest absolute Gasteiger partial charge is 0.371 e. The van der Waals surface area contributed by atoms with E-state index in [1.165, 1.54) is 25.3 Å². The van der Waals surface area contributed by atoms with E-state index in [1.54, 1.807) is 6.07 Å². The Morgan fingerprint density at radius 3 is 2.23 bits per heavy atom. The summed E-state index contributed by atoms with van der Waals surface area (Å²) >= 11 is 12.5. The maximum atomic E-state index is 7.52. The molecule has 0 unspecified atom stereocenters. The SMILES string of the molecule is N=Cc1cc(C=N)cc(CNNC2=Nc3cc(Cl)c(Cl)cc3NC23CCCCCC3)c1. The molecule has 1 fully saturated rings. The first-order valence-corrected chi connectivity index (χ1v) is 11.3. The summed E-state index contributed by atoms with van der Waals surface area (Å²) in [7, 11) is 0. The highest BCUT2D eigenvalue weighted by Gasteiger charge is 2.39. The summed E-state index contributed by atoms with van der Waals surface area (Å²) in [4.78, 5) is 4.93. The fourth-order valence-corrected chi connectivity index (χ4v) is 4.68. The first kappa shape index (κ1) is 21.8. The summed E-state index contributed by atoms with van der Waals surface area (Å²) in [6.45, 7) is 0.534. The number of nitrogens with one attached hydrogen (secondary N) is 5. The van der Waals surface area contributed by atoms with Gasteiger partial charge in [0.1, 0.15) is 5.84 Å². The van der Waals surface area contributed by atoms with E-state index >= 15 is 0 Å². The number of halogens is 2. The Morgan fingerprint density at radius 2 is 1.58 bits per heavy atom. The molecule has 0 amide bonds. The molecule has 1 saturated carbocycles. The summed E-state index contributed by atoms with van der Waals surface area (Å²) in [6, 6.07) is 9.35. The Hall–Kier alpha value is -2.41. The third-order valence-electron chi connectivity index (χ3n) is 5.93. The Morgan fingerprint density at radius 1 is 0.935 bits per heavy atom. The first-order chi connectivity index (χ1) is 15.0. The van der Waals surface area contributed by atoms with E-state index in [0.717, 1.165) is 59.6 Å². The molecule has 1 aliphatic carbocycles. The minimum Gasteiger partial charge on any atom is -0.371 e. The topological polar surface area (TPSA) is 96.2 Å². The maximum Gasteiger partial charge on any atom is 0.142 e. The zero-order valence-electron chi connectivity index (χ0n) is 17.2. The van der Waals surface area contributed by atoms with Gasteiger partial charge in [-0.15, -0.1) is 0 Å². The van der Waals surface area contributed by atoms with E-state index in [9.17, 15) is 0 Å². The van der Waals surface area contributed by atoms with Crippen LogP contribution in [0.15, 0.2) is 35.3 Å². The van der Waals surface area contributed by atoms with Gasteiger partial charge in [-0.1, -0.05) is 48.9 Å². The van der Waals surface area contributed by atoms with Crippen molar-refractivity contribution >= 4 is 52.8 Å². The summed E-state index contributed by atoms with van der Waals surface area (Å²) in [5.74, 6) is 0.857. The molecular formula is C23H26Cl2N6. The number of amidine groups is 1. The van der Waals surface area contributed by atoms with Crippen LogP contribution in [0.2, 0.25) is 10.0 Å². The average molecular weight is 457 g/mol. The first-order valence-electron chi connectivity index (χ1n) is 10.5. The number of nitrogens with zero attached hydrogens (tertiary/aromatic N) is 1. The highest BCUT2D eigenvalue weighted by molar-refractivity contribution is 6.42. The highest BCUT2D eigenvalue weighted by Crippen LogP contribution is 2.42. The lowest BCUT2D eigenvalue weighted by molar-refractivity contribution is 0.495. The van der Waals surface area contributed by atoms with Crippen molar-refractivity contribution < 1.29 is 0 Å². The van der Waals surface area contributed by atoms with E-state index in [4.69, 9.17) is 39.0 Å². The van der Waals surface area contributed by atoms with E-state index < -0.39 is 0 Å². The molecule has 31 heavy (non-hydrogen) atoms. The molecule has 6 nitrogen and oxygen atoms in total. The van der Waals surface area contributed by atoms with Crippen LogP contribution in [0, 0.1) is 10.8 Å². The lowest BCUT2D eigenvalue weighted by Gasteiger charge is -2.40. The number of hydrogen-bond donors (Lipinski definition) is 5. The lowest BCUT2D eigenvalue weighted by Crippen LogP contribution is -2.56. The van der Waals surface area contributed by atoms with E-state index in [0.29, 0.717) is 16.6 Å². The number of benzene rings is 2. The minimum absolute atomic E-state index is 0.273. The molecule has 5 N–H and O–H groups in total. The number of hydrazine groups is 1. The Balaban J connectivity index is 1.59. The quantitative estimate of drug-likeness (QED) is 0.289. The monoisotopic (exact) mass is 456 g/mol. The van der Waals surface area contributed by atoms with E-state index in [1.807, 2.05) is 24.3 Å². The van der Waals surface area contributed by atoms with Crippen molar-refractivity contribution in [1.29, 1.82) is 10.8 Å². The average Bonchev–Trinajstić information content (AvgIpc) is 3.01. The molecule has 1 aliphatic heterocycles. The van der Waals surface area contributed by atoms with Gasteiger partial charge >= 0.3 is 0 Å². The van der Waals surface area contributed by atoms with Crippen molar-refractivity contribution in [3.63, 3.8) is 0 Å². The van der Waals surface area contributed by atoms with Crippen LogP contribution < -0.4 is 16.2 Å². The van der Waals surface area contributed by atoms with Crippen LogP contribution in [0.5, 0.6) is 0 Å². The molecule has 2 aromatic carbocycles. The third kappa shape index (κ3) is 4.76. The normalized spacial score (nSPS) is 17.2. The second kappa shape index (κ2) is 9.39. The molecule has 1 spiro atoms. The summed E-state index contributed by atoms with van der Waals surface area (Å²) in [6.07, 6.45) is 9.28. The second-order valence-corrected chi connectivity index (χ2v) is 8.95. The van der Waals surface area contributed by atoms with Crippen LogP contribution >= 0.6 is 23.2 Å². The molecule has 162 valence electrons.